The fourth-order valence-electron chi connectivity index (χ4n) is 2.03. The highest BCUT2D eigenvalue weighted by Crippen LogP contribution is 2.14. The van der Waals surface area contributed by atoms with Crippen molar-refractivity contribution in [2.75, 3.05) is 0 Å². The van der Waals surface area contributed by atoms with E-state index < -0.39 is 0 Å². The maximum atomic E-state index is 5.31. The average molecular weight is 284 g/mol. The Kier molecular flexibility index (Phi) is 3.72. The van der Waals surface area contributed by atoms with Crippen molar-refractivity contribution < 1.29 is 4.52 Å². The lowest BCUT2D eigenvalue weighted by Crippen LogP contribution is -2.00. The Morgan fingerprint density at radius 3 is 2.81 bits per heavy atom. The molecule has 0 saturated carbocycles. The molecule has 0 aliphatic rings. The first-order valence-electron chi connectivity index (χ1n) is 6.80. The van der Waals surface area contributed by atoms with E-state index in [0.717, 1.165) is 29.1 Å². The number of hydrogen-bond donors (Lipinski definition) is 0. The summed E-state index contributed by atoms with van der Waals surface area (Å²) in [7, 11) is 0. The molecular weight excluding hydrogens is 268 g/mol. The molecule has 0 fully saturated rings. The van der Waals surface area contributed by atoms with E-state index in [0.29, 0.717) is 12.5 Å². The Balaban J connectivity index is 1.71. The minimum absolute atomic E-state index is 0.530. The lowest BCUT2D eigenvalue weighted by Gasteiger charge is -1.97. The van der Waals surface area contributed by atoms with Gasteiger partial charge in [0.1, 0.15) is 23.5 Å². The summed E-state index contributed by atoms with van der Waals surface area (Å²) >= 11 is 0. The van der Waals surface area contributed by atoms with Crippen LogP contribution < -0.4 is 0 Å². The highest BCUT2D eigenvalue weighted by Gasteiger charge is 2.09. The second kappa shape index (κ2) is 5.82. The van der Waals surface area contributed by atoms with Crippen molar-refractivity contribution in [2.45, 2.75) is 26.8 Å². The van der Waals surface area contributed by atoms with Crippen molar-refractivity contribution in [3.05, 3.63) is 42.4 Å². The molecule has 7 nitrogen and oxygen atoms in total. The summed E-state index contributed by atoms with van der Waals surface area (Å²) < 4.78 is 7.03. The third-order valence-electron chi connectivity index (χ3n) is 2.94. The van der Waals surface area contributed by atoms with Crippen LogP contribution in [0.25, 0.3) is 11.3 Å². The van der Waals surface area contributed by atoms with Gasteiger partial charge in [0.05, 0.1) is 12.7 Å². The largest absolute Gasteiger partial charge is 0.361 e. The summed E-state index contributed by atoms with van der Waals surface area (Å²) in [6, 6.07) is 1.97. The second-order valence-corrected chi connectivity index (χ2v) is 5.31. The zero-order valence-electron chi connectivity index (χ0n) is 12.0. The molecule has 0 aromatic carbocycles. The third kappa shape index (κ3) is 3.31. The molecule has 3 heterocycles. The normalized spacial score (nSPS) is 11.2. The van der Waals surface area contributed by atoms with Crippen molar-refractivity contribution >= 4 is 0 Å². The van der Waals surface area contributed by atoms with Gasteiger partial charge in [-0.1, -0.05) is 24.2 Å². The first-order chi connectivity index (χ1) is 10.2. The van der Waals surface area contributed by atoms with E-state index >= 15 is 0 Å². The van der Waals surface area contributed by atoms with Crippen molar-refractivity contribution in [3.63, 3.8) is 0 Å². The van der Waals surface area contributed by atoms with Crippen molar-refractivity contribution in [3.8, 4) is 11.3 Å². The lowest BCUT2D eigenvalue weighted by atomic mass is 10.1. The molecule has 0 amide bonds. The van der Waals surface area contributed by atoms with E-state index in [-0.39, 0.29) is 0 Å². The number of hydrogen-bond acceptors (Lipinski definition) is 6. The maximum absolute atomic E-state index is 5.31. The van der Waals surface area contributed by atoms with Gasteiger partial charge in [0.15, 0.2) is 0 Å². The van der Waals surface area contributed by atoms with E-state index in [4.69, 9.17) is 4.52 Å². The van der Waals surface area contributed by atoms with E-state index in [2.05, 4.69) is 39.3 Å². The van der Waals surface area contributed by atoms with Gasteiger partial charge in [0.25, 0.3) is 0 Å². The smallest absolute Gasteiger partial charge is 0.137 e. The van der Waals surface area contributed by atoms with Gasteiger partial charge in [0, 0.05) is 30.4 Å². The van der Waals surface area contributed by atoms with Gasteiger partial charge < -0.3 is 4.52 Å². The molecular formula is C14H16N6O. The van der Waals surface area contributed by atoms with Gasteiger partial charge in [0.2, 0.25) is 0 Å². The molecule has 0 atom stereocenters. The van der Waals surface area contributed by atoms with E-state index in [1.165, 1.54) is 6.33 Å². The first-order valence-corrected chi connectivity index (χ1v) is 6.80. The fourth-order valence-corrected chi connectivity index (χ4v) is 2.03. The van der Waals surface area contributed by atoms with E-state index in [1.54, 1.807) is 17.1 Å². The summed E-state index contributed by atoms with van der Waals surface area (Å²) in [6.07, 6.45) is 7.63. The topological polar surface area (TPSA) is 82.5 Å². The SMILES string of the molecule is CC(C)Cc1cc(Cn2cc(-c3cncnc3)nn2)no1. The summed E-state index contributed by atoms with van der Waals surface area (Å²) in [5, 5.41) is 12.3. The van der Waals surface area contributed by atoms with Crippen LogP contribution in [0.2, 0.25) is 0 Å². The Morgan fingerprint density at radius 1 is 1.24 bits per heavy atom. The maximum Gasteiger partial charge on any atom is 0.137 e. The van der Waals surface area contributed by atoms with Crippen LogP contribution in [0.5, 0.6) is 0 Å². The number of rotatable bonds is 5. The molecule has 0 unspecified atom stereocenters. The quantitative estimate of drug-likeness (QED) is 0.712. The second-order valence-electron chi connectivity index (χ2n) is 5.31. The molecule has 3 aromatic heterocycles. The highest BCUT2D eigenvalue weighted by atomic mass is 16.5. The summed E-state index contributed by atoms with van der Waals surface area (Å²) in [5.41, 5.74) is 2.41. The zero-order chi connectivity index (χ0) is 14.7. The van der Waals surface area contributed by atoms with E-state index in [1.807, 2.05) is 12.3 Å². The molecule has 0 saturated heterocycles. The van der Waals surface area contributed by atoms with Gasteiger partial charge >= 0.3 is 0 Å². The summed E-state index contributed by atoms with van der Waals surface area (Å²) in [6.45, 7) is 4.82. The Morgan fingerprint density at radius 2 is 2.05 bits per heavy atom. The predicted molar refractivity (Wildman–Crippen MR) is 75.2 cm³/mol. The third-order valence-corrected chi connectivity index (χ3v) is 2.94. The van der Waals surface area contributed by atoms with Crippen LogP contribution in [0.4, 0.5) is 0 Å². The predicted octanol–water partition coefficient (Wildman–Crippen LogP) is 1.97. The van der Waals surface area contributed by atoms with Gasteiger partial charge in [-0.25, -0.2) is 14.6 Å². The highest BCUT2D eigenvalue weighted by molar-refractivity contribution is 5.54. The molecule has 0 aliphatic carbocycles. The van der Waals surface area contributed by atoms with Crippen LogP contribution in [0.15, 0.2) is 35.5 Å². The molecule has 3 rings (SSSR count). The van der Waals surface area contributed by atoms with Gasteiger partial charge in [-0.15, -0.1) is 5.10 Å². The molecule has 0 aliphatic heterocycles. The molecule has 7 heteroatoms. The minimum Gasteiger partial charge on any atom is -0.361 e. The molecule has 0 radical (unpaired) electrons. The Bertz CT molecular complexity index is 703. The van der Waals surface area contributed by atoms with E-state index in [9.17, 15) is 0 Å². The summed E-state index contributed by atoms with van der Waals surface area (Å²) in [4.78, 5) is 7.94. The van der Waals surface area contributed by atoms with Gasteiger partial charge in [-0.3, -0.25) is 0 Å². The molecule has 0 spiro atoms. The number of nitrogens with zero attached hydrogens (tertiary/aromatic N) is 6. The van der Waals surface area contributed by atoms with Crippen LogP contribution in [0.3, 0.4) is 0 Å². The molecule has 21 heavy (non-hydrogen) atoms. The summed E-state index contributed by atoms with van der Waals surface area (Å²) in [5.74, 6) is 1.44. The van der Waals surface area contributed by atoms with Gasteiger partial charge in [-0.05, 0) is 5.92 Å². The molecule has 0 bridgehead atoms. The number of aromatic nitrogens is 6. The van der Waals surface area contributed by atoms with Crippen LogP contribution in [0, 0.1) is 5.92 Å². The Labute approximate surface area is 122 Å². The monoisotopic (exact) mass is 284 g/mol. The van der Waals surface area contributed by atoms with Gasteiger partial charge in [-0.2, -0.15) is 0 Å². The first kappa shape index (κ1) is 13.4. The van der Waals surface area contributed by atoms with Crippen molar-refractivity contribution in [2.24, 2.45) is 5.92 Å². The van der Waals surface area contributed by atoms with Crippen LogP contribution >= 0.6 is 0 Å². The van der Waals surface area contributed by atoms with Crippen molar-refractivity contribution in [1.29, 1.82) is 0 Å². The standard InChI is InChI=1S/C14H16N6O/c1-10(2)3-13-4-12(18-21-13)7-20-8-14(17-19-20)11-5-15-9-16-6-11/h4-6,8-10H,3,7H2,1-2H3. The minimum atomic E-state index is 0.530. The van der Waals surface area contributed by atoms with Crippen LogP contribution in [-0.2, 0) is 13.0 Å². The lowest BCUT2D eigenvalue weighted by molar-refractivity contribution is 0.361. The molecule has 108 valence electrons. The van der Waals surface area contributed by atoms with Crippen molar-refractivity contribution in [1.82, 2.24) is 30.1 Å². The van der Waals surface area contributed by atoms with Crippen LogP contribution in [-0.4, -0.2) is 30.1 Å². The molecule has 3 aromatic rings. The average Bonchev–Trinajstić information content (AvgIpc) is 3.09. The Hall–Kier alpha value is -2.57. The zero-order valence-corrected chi connectivity index (χ0v) is 12.0. The molecule has 0 N–H and O–H groups in total. The fraction of sp³-hybridized carbons (Fsp3) is 0.357. The van der Waals surface area contributed by atoms with Crippen LogP contribution in [0.1, 0.15) is 25.3 Å².